The quantitative estimate of drug-likeness (QED) is 0.446. The minimum atomic E-state index is -0.224. The number of aromatic nitrogens is 2. The molecule has 1 fully saturated rings. The summed E-state index contributed by atoms with van der Waals surface area (Å²) in [6.45, 7) is 6.84. The minimum Gasteiger partial charge on any atom is -0.378 e. The van der Waals surface area contributed by atoms with Gasteiger partial charge < -0.3 is 15.0 Å². The zero-order valence-electron chi connectivity index (χ0n) is 17.2. The van der Waals surface area contributed by atoms with Crippen LogP contribution < -0.4 is 10.2 Å². The molecule has 1 aromatic heterocycles. The number of nitrogens with zero attached hydrogens (tertiary/aromatic N) is 3. The average molecular weight is 433 g/mol. The zero-order chi connectivity index (χ0) is 21.5. The third-order valence-electron chi connectivity index (χ3n) is 4.86. The number of nitrogens with one attached hydrogen (secondary N) is 1. The summed E-state index contributed by atoms with van der Waals surface area (Å²) in [5.41, 5.74) is 3.14. The molecule has 1 aliphatic heterocycles. The molecule has 0 bridgehead atoms. The number of ether oxygens (including phenoxy) is 1. The number of hydrogen-bond donors (Lipinski definition) is 1. The SMILES string of the molecule is C=CC(=O)Nc1ccc(Sc2ccnc(Cc3cccc(N4CCOCC4)c3)n2)cc1. The highest BCUT2D eigenvalue weighted by atomic mass is 32.2. The Bertz CT molecular complexity index is 1050. The molecule has 2 heterocycles. The van der Waals surface area contributed by atoms with E-state index in [4.69, 9.17) is 9.72 Å². The summed E-state index contributed by atoms with van der Waals surface area (Å²) in [6, 6.07) is 18.1. The summed E-state index contributed by atoms with van der Waals surface area (Å²) in [4.78, 5) is 24.0. The Labute approximate surface area is 186 Å². The molecule has 1 amide bonds. The van der Waals surface area contributed by atoms with Gasteiger partial charge in [0, 0.05) is 42.0 Å². The van der Waals surface area contributed by atoms with Crippen LogP contribution in [0.5, 0.6) is 0 Å². The van der Waals surface area contributed by atoms with Gasteiger partial charge >= 0.3 is 0 Å². The molecule has 0 unspecified atom stereocenters. The Morgan fingerprint density at radius 2 is 1.97 bits per heavy atom. The number of amides is 1. The van der Waals surface area contributed by atoms with E-state index in [1.165, 1.54) is 17.3 Å². The van der Waals surface area contributed by atoms with Gasteiger partial charge in [-0.05, 0) is 54.1 Å². The Morgan fingerprint density at radius 1 is 1.16 bits per heavy atom. The van der Waals surface area contributed by atoms with Crippen molar-refractivity contribution in [1.82, 2.24) is 9.97 Å². The van der Waals surface area contributed by atoms with Crippen LogP contribution >= 0.6 is 11.8 Å². The fraction of sp³-hybridized carbons (Fsp3) is 0.208. The van der Waals surface area contributed by atoms with Crippen LogP contribution in [0.1, 0.15) is 11.4 Å². The van der Waals surface area contributed by atoms with Crippen LogP contribution in [0.2, 0.25) is 0 Å². The standard InChI is InChI=1S/C24H24N4O2S/c1-2-23(29)26-19-6-8-21(9-7-19)31-24-10-11-25-22(27-24)17-18-4-3-5-20(16-18)28-12-14-30-15-13-28/h2-11,16H,1,12-15,17H2,(H,26,29). The molecule has 6 nitrogen and oxygen atoms in total. The predicted molar refractivity (Wildman–Crippen MR) is 124 cm³/mol. The van der Waals surface area contributed by atoms with Crippen LogP contribution in [0.25, 0.3) is 0 Å². The van der Waals surface area contributed by atoms with Crippen molar-refractivity contribution in [3.05, 3.63) is 84.8 Å². The topological polar surface area (TPSA) is 67.4 Å². The van der Waals surface area contributed by atoms with E-state index in [1.54, 1.807) is 18.0 Å². The highest BCUT2D eigenvalue weighted by Gasteiger charge is 2.12. The molecule has 1 saturated heterocycles. The van der Waals surface area contributed by atoms with Crippen LogP contribution in [0.4, 0.5) is 11.4 Å². The molecular weight excluding hydrogens is 408 g/mol. The maximum atomic E-state index is 11.4. The van der Waals surface area contributed by atoms with E-state index in [0.29, 0.717) is 6.42 Å². The number of anilines is 2. The number of rotatable bonds is 7. The molecular formula is C24H24N4O2S. The monoisotopic (exact) mass is 432 g/mol. The summed E-state index contributed by atoms with van der Waals surface area (Å²) in [6.07, 6.45) is 3.73. The smallest absolute Gasteiger partial charge is 0.247 e. The van der Waals surface area contributed by atoms with Crippen molar-refractivity contribution in [2.45, 2.75) is 16.3 Å². The Kier molecular flexibility index (Phi) is 6.96. The van der Waals surface area contributed by atoms with Crippen molar-refractivity contribution in [3.8, 4) is 0 Å². The molecule has 7 heteroatoms. The normalized spacial score (nSPS) is 13.6. The van der Waals surface area contributed by atoms with Gasteiger partial charge in [-0.2, -0.15) is 0 Å². The van der Waals surface area contributed by atoms with Crippen LogP contribution in [-0.4, -0.2) is 42.2 Å². The third-order valence-corrected chi connectivity index (χ3v) is 5.80. The molecule has 0 saturated carbocycles. The summed E-state index contributed by atoms with van der Waals surface area (Å²) in [5, 5.41) is 3.63. The number of carbonyl (C=O) groups excluding carboxylic acids is 1. The maximum Gasteiger partial charge on any atom is 0.247 e. The largest absolute Gasteiger partial charge is 0.378 e. The maximum absolute atomic E-state index is 11.4. The summed E-state index contributed by atoms with van der Waals surface area (Å²) >= 11 is 1.57. The van der Waals surface area contributed by atoms with E-state index in [0.717, 1.165) is 47.7 Å². The molecule has 4 rings (SSSR count). The molecule has 0 radical (unpaired) electrons. The number of carbonyl (C=O) groups is 1. The van der Waals surface area contributed by atoms with Crippen molar-refractivity contribution in [2.24, 2.45) is 0 Å². The molecule has 2 aromatic carbocycles. The summed E-state index contributed by atoms with van der Waals surface area (Å²) in [7, 11) is 0. The van der Waals surface area contributed by atoms with Gasteiger partial charge in [-0.25, -0.2) is 9.97 Å². The molecule has 158 valence electrons. The first kappa shape index (κ1) is 21.1. The minimum absolute atomic E-state index is 0.224. The number of hydrogen-bond acceptors (Lipinski definition) is 6. The highest BCUT2D eigenvalue weighted by Crippen LogP contribution is 2.27. The van der Waals surface area contributed by atoms with E-state index in [1.807, 2.05) is 30.3 Å². The van der Waals surface area contributed by atoms with Gasteiger partial charge in [0.05, 0.1) is 13.2 Å². The number of benzene rings is 2. The van der Waals surface area contributed by atoms with Crippen molar-refractivity contribution in [1.29, 1.82) is 0 Å². The second-order valence-corrected chi connectivity index (χ2v) is 8.17. The second-order valence-electron chi connectivity index (χ2n) is 7.08. The highest BCUT2D eigenvalue weighted by molar-refractivity contribution is 7.99. The lowest BCUT2D eigenvalue weighted by molar-refractivity contribution is -0.111. The lowest BCUT2D eigenvalue weighted by Gasteiger charge is -2.29. The number of morpholine rings is 1. The van der Waals surface area contributed by atoms with E-state index < -0.39 is 0 Å². The van der Waals surface area contributed by atoms with Gasteiger partial charge in [0.2, 0.25) is 5.91 Å². The van der Waals surface area contributed by atoms with Gasteiger partial charge in [-0.15, -0.1) is 0 Å². The zero-order valence-corrected chi connectivity index (χ0v) is 18.0. The van der Waals surface area contributed by atoms with Crippen LogP contribution in [0, 0.1) is 0 Å². The summed E-state index contributed by atoms with van der Waals surface area (Å²) < 4.78 is 5.45. The van der Waals surface area contributed by atoms with Gasteiger partial charge in [-0.1, -0.05) is 30.5 Å². The Balaban J connectivity index is 1.41. The molecule has 3 aromatic rings. The Morgan fingerprint density at radius 3 is 2.74 bits per heavy atom. The van der Waals surface area contributed by atoms with Crippen molar-refractivity contribution in [3.63, 3.8) is 0 Å². The first-order valence-electron chi connectivity index (χ1n) is 10.1. The molecule has 1 aliphatic rings. The predicted octanol–water partition coefficient (Wildman–Crippen LogP) is 4.18. The molecule has 0 spiro atoms. The average Bonchev–Trinajstić information content (AvgIpc) is 2.81. The fourth-order valence-corrected chi connectivity index (χ4v) is 4.10. The van der Waals surface area contributed by atoms with E-state index >= 15 is 0 Å². The second kappa shape index (κ2) is 10.2. The van der Waals surface area contributed by atoms with E-state index in [-0.39, 0.29) is 5.91 Å². The lowest BCUT2D eigenvalue weighted by Crippen LogP contribution is -2.36. The molecule has 1 N–H and O–H groups in total. The van der Waals surface area contributed by atoms with Crippen LogP contribution in [-0.2, 0) is 16.0 Å². The molecule has 0 aliphatic carbocycles. The van der Waals surface area contributed by atoms with Crippen LogP contribution in [0.3, 0.4) is 0 Å². The summed E-state index contributed by atoms with van der Waals surface area (Å²) in [5.74, 6) is 0.567. The van der Waals surface area contributed by atoms with Gasteiger partial charge in [0.1, 0.15) is 10.9 Å². The van der Waals surface area contributed by atoms with E-state index in [9.17, 15) is 4.79 Å². The Hall–Kier alpha value is -3.16. The first-order chi connectivity index (χ1) is 15.2. The molecule has 31 heavy (non-hydrogen) atoms. The van der Waals surface area contributed by atoms with Gasteiger partial charge in [0.15, 0.2) is 0 Å². The molecule has 0 atom stereocenters. The van der Waals surface area contributed by atoms with Gasteiger partial charge in [-0.3, -0.25) is 4.79 Å². The fourth-order valence-electron chi connectivity index (χ4n) is 3.31. The van der Waals surface area contributed by atoms with Gasteiger partial charge in [0.25, 0.3) is 0 Å². The van der Waals surface area contributed by atoms with Crippen molar-refractivity contribution < 1.29 is 9.53 Å². The van der Waals surface area contributed by atoms with E-state index in [2.05, 4.69) is 46.0 Å². The van der Waals surface area contributed by atoms with Crippen molar-refractivity contribution >= 4 is 29.0 Å². The van der Waals surface area contributed by atoms with Crippen LogP contribution in [0.15, 0.2) is 83.4 Å². The third kappa shape index (κ3) is 5.93. The lowest BCUT2D eigenvalue weighted by atomic mass is 10.1. The first-order valence-corrected chi connectivity index (χ1v) is 11.0. The van der Waals surface area contributed by atoms with Crippen molar-refractivity contribution in [2.75, 3.05) is 36.5 Å².